The molecule has 43 heavy (non-hydrogen) atoms. The fourth-order valence-corrected chi connectivity index (χ4v) is 9.15. The molecule has 3 aromatic rings. The normalized spacial score (nSPS) is 28.5. The molecule has 0 amide bonds. The Morgan fingerprint density at radius 3 is 2.37 bits per heavy atom. The number of aromatic hydroxyl groups is 2. The number of phenolic OH excluding ortho intramolecular Hbond substituents is 2. The van der Waals surface area contributed by atoms with Gasteiger partial charge in [0, 0.05) is 37.9 Å². The highest BCUT2D eigenvalue weighted by atomic mass is 16.5. The third kappa shape index (κ3) is 4.81. The Morgan fingerprint density at radius 2 is 1.70 bits per heavy atom. The molecule has 2 bridgehead atoms. The summed E-state index contributed by atoms with van der Waals surface area (Å²) in [6.45, 7) is 6.92. The van der Waals surface area contributed by atoms with Crippen molar-refractivity contribution in [3.8, 4) is 22.6 Å². The van der Waals surface area contributed by atoms with Crippen molar-refractivity contribution < 1.29 is 24.9 Å². The average molecular weight is 581 g/mol. The van der Waals surface area contributed by atoms with Crippen LogP contribution in [0.3, 0.4) is 0 Å². The van der Waals surface area contributed by atoms with Gasteiger partial charge in [-0.3, -0.25) is 4.79 Å². The average Bonchev–Trinajstić information content (AvgIpc) is 3.72. The van der Waals surface area contributed by atoms with E-state index < -0.39 is 5.41 Å². The lowest BCUT2D eigenvalue weighted by Crippen LogP contribution is -2.52. The summed E-state index contributed by atoms with van der Waals surface area (Å²) in [5.41, 5.74) is 5.00. The van der Waals surface area contributed by atoms with Crippen LogP contribution in [0.2, 0.25) is 0 Å². The maximum Gasteiger partial charge on any atom is 0.142 e. The van der Waals surface area contributed by atoms with Crippen LogP contribution in [0, 0.1) is 28.6 Å². The monoisotopic (exact) mass is 580 g/mol. The zero-order valence-corrected chi connectivity index (χ0v) is 25.4. The SMILES string of the molecule is C=C1[C@@H]2[C@H](CO)C[C@](C(=O)CCc3cccc(-c4ccc(Cc5ccc(O)cc5)c(O)c4)c3)([C@@H]2OC)[C@@]1(C)C1CCCC1. The second kappa shape index (κ2) is 11.6. The highest BCUT2D eigenvalue weighted by Crippen LogP contribution is 2.73. The minimum Gasteiger partial charge on any atom is -0.508 e. The molecule has 3 fully saturated rings. The molecule has 3 aromatic carbocycles. The number of rotatable bonds is 10. The predicted octanol–water partition coefficient (Wildman–Crippen LogP) is 7.25. The van der Waals surface area contributed by atoms with Crippen molar-refractivity contribution in [2.75, 3.05) is 13.7 Å². The lowest BCUT2D eigenvalue weighted by Gasteiger charge is -2.50. The van der Waals surface area contributed by atoms with Gasteiger partial charge in [-0.2, -0.15) is 0 Å². The molecule has 6 rings (SSSR count). The fraction of sp³-hybridized carbons (Fsp3) is 0.447. The molecular weight excluding hydrogens is 536 g/mol. The molecule has 0 spiro atoms. The Labute approximate surface area is 255 Å². The Kier molecular flexibility index (Phi) is 7.99. The molecule has 0 unspecified atom stereocenters. The number of aryl methyl sites for hydroxylation is 1. The lowest BCUT2D eigenvalue weighted by atomic mass is 9.52. The lowest BCUT2D eigenvalue weighted by molar-refractivity contribution is -0.145. The number of ketones is 1. The van der Waals surface area contributed by atoms with Crippen molar-refractivity contribution in [2.24, 2.45) is 28.6 Å². The van der Waals surface area contributed by atoms with Gasteiger partial charge in [-0.25, -0.2) is 0 Å². The Balaban J connectivity index is 1.22. The van der Waals surface area contributed by atoms with Gasteiger partial charge in [0.1, 0.15) is 17.3 Å². The molecule has 3 N–H and O–H groups in total. The van der Waals surface area contributed by atoms with Crippen LogP contribution in [-0.2, 0) is 22.4 Å². The first-order valence-electron chi connectivity index (χ1n) is 15.8. The minimum absolute atomic E-state index is 0.0175. The number of carbonyl (C=O) groups is 1. The van der Waals surface area contributed by atoms with Crippen molar-refractivity contribution in [1.29, 1.82) is 0 Å². The topological polar surface area (TPSA) is 87.0 Å². The number of ether oxygens (including phenoxy) is 1. The highest BCUT2D eigenvalue weighted by Gasteiger charge is 2.74. The van der Waals surface area contributed by atoms with Gasteiger partial charge in [0.15, 0.2) is 0 Å². The summed E-state index contributed by atoms with van der Waals surface area (Å²) in [7, 11) is 1.72. The maximum atomic E-state index is 14.5. The highest BCUT2D eigenvalue weighted by molar-refractivity contribution is 5.89. The molecule has 0 radical (unpaired) electrons. The Morgan fingerprint density at radius 1 is 0.977 bits per heavy atom. The van der Waals surface area contributed by atoms with Gasteiger partial charge >= 0.3 is 0 Å². The van der Waals surface area contributed by atoms with Crippen LogP contribution in [-0.4, -0.2) is 40.9 Å². The number of hydrogen-bond donors (Lipinski definition) is 3. The van der Waals surface area contributed by atoms with Gasteiger partial charge in [-0.1, -0.05) is 80.4 Å². The first kappa shape index (κ1) is 29.7. The van der Waals surface area contributed by atoms with E-state index in [0.717, 1.165) is 46.2 Å². The molecule has 5 atom stereocenters. The van der Waals surface area contributed by atoms with Gasteiger partial charge in [-0.15, -0.1) is 0 Å². The van der Waals surface area contributed by atoms with Crippen molar-refractivity contribution in [3.05, 3.63) is 95.6 Å². The van der Waals surface area contributed by atoms with Crippen LogP contribution >= 0.6 is 0 Å². The van der Waals surface area contributed by atoms with Crippen molar-refractivity contribution in [3.63, 3.8) is 0 Å². The van der Waals surface area contributed by atoms with E-state index in [2.05, 4.69) is 25.6 Å². The van der Waals surface area contributed by atoms with E-state index in [-0.39, 0.29) is 47.2 Å². The molecule has 0 aliphatic heterocycles. The summed E-state index contributed by atoms with van der Waals surface area (Å²) in [5, 5.41) is 30.6. The van der Waals surface area contributed by atoms with E-state index in [0.29, 0.717) is 31.6 Å². The van der Waals surface area contributed by atoms with Crippen LogP contribution in [0.5, 0.6) is 11.5 Å². The van der Waals surface area contributed by atoms with Crippen molar-refractivity contribution >= 4 is 5.78 Å². The summed E-state index contributed by atoms with van der Waals surface area (Å²) >= 11 is 0. The van der Waals surface area contributed by atoms with Gasteiger partial charge in [0.2, 0.25) is 0 Å². The molecular formula is C38H44O5. The summed E-state index contributed by atoms with van der Waals surface area (Å²) in [6, 6.07) is 21.0. The van der Waals surface area contributed by atoms with Crippen molar-refractivity contribution in [2.45, 2.75) is 64.4 Å². The smallest absolute Gasteiger partial charge is 0.142 e. The summed E-state index contributed by atoms with van der Waals surface area (Å²) < 4.78 is 6.15. The predicted molar refractivity (Wildman–Crippen MR) is 169 cm³/mol. The molecule has 226 valence electrons. The second-order valence-corrected chi connectivity index (χ2v) is 13.3. The van der Waals surface area contributed by atoms with E-state index in [9.17, 15) is 20.1 Å². The molecule has 3 aliphatic rings. The number of aliphatic hydroxyl groups excluding tert-OH is 1. The quantitative estimate of drug-likeness (QED) is 0.220. The first-order chi connectivity index (χ1) is 20.7. The molecule has 5 heteroatoms. The molecule has 0 saturated heterocycles. The van der Waals surface area contributed by atoms with Crippen LogP contribution in [0.15, 0.2) is 78.9 Å². The maximum absolute atomic E-state index is 14.5. The number of methoxy groups -OCH3 is 1. The third-order valence-electron chi connectivity index (χ3n) is 11.4. The number of benzene rings is 3. The van der Waals surface area contributed by atoms with Crippen LogP contribution in [0.1, 0.15) is 62.1 Å². The van der Waals surface area contributed by atoms with E-state index in [1.807, 2.05) is 36.4 Å². The van der Waals surface area contributed by atoms with E-state index in [4.69, 9.17) is 4.74 Å². The standard InChI is InChI=1S/C38H44O5/c1-24-35-30(23-39)22-38(36(35)43-3,37(24,2)31-9-4-5-10-31)34(42)18-13-25-7-6-8-27(19-25)28-14-15-29(33(41)21-28)20-26-11-16-32(40)17-12-26/h6-8,11-12,14-17,19,21,30-31,35-36,39-41H,1,4-5,9-10,13,18,20,22-23H2,2-3H3/t30-,35+,36+,37+,38-/m0/s1. The Bertz CT molecular complexity index is 1500. The largest absolute Gasteiger partial charge is 0.508 e. The van der Waals surface area contributed by atoms with Gasteiger partial charge in [0.25, 0.3) is 0 Å². The molecule has 3 saturated carbocycles. The van der Waals surface area contributed by atoms with Gasteiger partial charge in [-0.05, 0) is 83.5 Å². The van der Waals surface area contributed by atoms with Gasteiger partial charge < -0.3 is 20.1 Å². The fourth-order valence-electron chi connectivity index (χ4n) is 9.15. The number of hydrogen-bond acceptors (Lipinski definition) is 5. The second-order valence-electron chi connectivity index (χ2n) is 13.3. The van der Waals surface area contributed by atoms with Crippen molar-refractivity contribution in [1.82, 2.24) is 0 Å². The van der Waals surface area contributed by atoms with E-state index >= 15 is 0 Å². The summed E-state index contributed by atoms with van der Waals surface area (Å²) in [6.07, 6.45) is 6.70. The first-order valence-corrected chi connectivity index (χ1v) is 15.8. The summed E-state index contributed by atoms with van der Waals surface area (Å²) in [4.78, 5) is 14.5. The number of aliphatic hydroxyl groups is 1. The summed E-state index contributed by atoms with van der Waals surface area (Å²) in [5.74, 6) is 1.18. The molecule has 3 aliphatic carbocycles. The van der Waals surface area contributed by atoms with Crippen LogP contribution in [0.4, 0.5) is 0 Å². The number of carbonyl (C=O) groups excluding carboxylic acids is 1. The zero-order valence-electron chi connectivity index (χ0n) is 25.4. The number of fused-ring (bicyclic) bond motifs is 2. The molecule has 5 nitrogen and oxygen atoms in total. The van der Waals surface area contributed by atoms with E-state index in [1.165, 1.54) is 12.8 Å². The third-order valence-corrected chi connectivity index (χ3v) is 11.4. The number of phenols is 2. The Hall–Kier alpha value is -3.41. The van der Waals surface area contributed by atoms with Crippen LogP contribution in [0.25, 0.3) is 11.1 Å². The van der Waals surface area contributed by atoms with E-state index in [1.54, 1.807) is 25.3 Å². The van der Waals surface area contributed by atoms with Crippen LogP contribution < -0.4 is 0 Å². The van der Waals surface area contributed by atoms with Gasteiger partial charge in [0.05, 0.1) is 11.5 Å². The molecule has 0 aromatic heterocycles. The minimum atomic E-state index is -0.650. The zero-order chi connectivity index (χ0) is 30.4. The molecule has 0 heterocycles. The number of Topliss-reactive ketones (excluding diaryl/α,β-unsaturated/α-hetero) is 1.